The van der Waals surface area contributed by atoms with Gasteiger partial charge < -0.3 is 16.4 Å². The minimum atomic E-state index is -0.318. The maximum Gasteiger partial charge on any atom is 0.324 e. The van der Waals surface area contributed by atoms with Crippen molar-refractivity contribution in [2.24, 2.45) is 5.73 Å². The molecule has 1 aliphatic rings. The molecule has 0 aromatic carbocycles. The molecule has 1 rings (SSSR count). The first-order chi connectivity index (χ1) is 6.16. The number of nitrogens with zero attached hydrogens (tertiary/aromatic N) is 1. The Balaban J connectivity index is 2.66. The van der Waals surface area contributed by atoms with E-state index in [0.717, 1.165) is 13.0 Å². The lowest BCUT2D eigenvalue weighted by molar-refractivity contribution is 0.212. The zero-order chi connectivity index (χ0) is 9.84. The summed E-state index contributed by atoms with van der Waals surface area (Å²) in [6.45, 7) is 1.57. The highest BCUT2D eigenvalue weighted by molar-refractivity contribution is 5.94. The van der Waals surface area contributed by atoms with Crippen LogP contribution in [0.3, 0.4) is 0 Å². The Labute approximate surface area is 77.0 Å². The molecule has 0 radical (unpaired) electrons. The average Bonchev–Trinajstić information content (AvgIpc) is 2.56. The molecular weight excluding hydrogens is 170 g/mol. The van der Waals surface area contributed by atoms with Gasteiger partial charge in [0.1, 0.15) is 0 Å². The molecule has 1 fully saturated rings. The Morgan fingerprint density at radius 2 is 2.46 bits per heavy atom. The minimum Gasteiger partial charge on any atom is -0.370 e. The van der Waals surface area contributed by atoms with Gasteiger partial charge in [-0.05, 0) is 13.0 Å². The van der Waals surface area contributed by atoms with Crippen LogP contribution in [0.15, 0.2) is 0 Å². The summed E-state index contributed by atoms with van der Waals surface area (Å²) in [4.78, 5) is 12.6. The highest BCUT2D eigenvalue weighted by Crippen LogP contribution is 2.07. The molecular formula is C7H15N5O. The summed E-state index contributed by atoms with van der Waals surface area (Å²) in [5.41, 5.74) is 5.31. The molecule has 74 valence electrons. The SMILES string of the molecule is CNC(=O)N(C(=N)N)C1CCNC1. The highest BCUT2D eigenvalue weighted by Gasteiger charge is 2.27. The number of guanidine groups is 1. The van der Waals surface area contributed by atoms with Crippen LogP contribution in [0.1, 0.15) is 6.42 Å². The summed E-state index contributed by atoms with van der Waals surface area (Å²) in [6, 6.07) is -0.307. The molecule has 0 aromatic rings. The van der Waals surface area contributed by atoms with Gasteiger partial charge in [0.2, 0.25) is 0 Å². The predicted molar refractivity (Wildman–Crippen MR) is 49.5 cm³/mol. The monoisotopic (exact) mass is 185 g/mol. The van der Waals surface area contributed by atoms with Gasteiger partial charge >= 0.3 is 6.03 Å². The molecule has 0 aliphatic carbocycles. The molecule has 2 amide bonds. The van der Waals surface area contributed by atoms with Gasteiger partial charge in [-0.1, -0.05) is 0 Å². The van der Waals surface area contributed by atoms with Crippen LogP contribution in [0.4, 0.5) is 4.79 Å². The number of urea groups is 1. The number of nitrogens with one attached hydrogen (secondary N) is 3. The van der Waals surface area contributed by atoms with Crippen molar-refractivity contribution < 1.29 is 4.79 Å². The van der Waals surface area contributed by atoms with Crippen LogP contribution in [0.25, 0.3) is 0 Å². The van der Waals surface area contributed by atoms with Crippen molar-refractivity contribution in [3.8, 4) is 0 Å². The number of carbonyl (C=O) groups excluding carboxylic acids is 1. The van der Waals surface area contributed by atoms with Gasteiger partial charge in [-0.25, -0.2) is 4.79 Å². The number of nitrogens with two attached hydrogens (primary N) is 1. The number of hydrogen-bond donors (Lipinski definition) is 4. The van der Waals surface area contributed by atoms with Gasteiger partial charge in [-0.15, -0.1) is 0 Å². The second kappa shape index (κ2) is 4.08. The molecule has 1 atom stereocenters. The first-order valence-electron chi connectivity index (χ1n) is 4.22. The first-order valence-corrected chi connectivity index (χ1v) is 4.22. The smallest absolute Gasteiger partial charge is 0.324 e. The van der Waals surface area contributed by atoms with E-state index in [9.17, 15) is 4.79 Å². The molecule has 0 aromatic heterocycles. The van der Waals surface area contributed by atoms with E-state index in [-0.39, 0.29) is 18.0 Å². The van der Waals surface area contributed by atoms with Crippen LogP contribution in [-0.2, 0) is 0 Å². The third kappa shape index (κ3) is 2.09. The van der Waals surface area contributed by atoms with E-state index in [0.29, 0.717) is 6.54 Å². The maximum atomic E-state index is 11.3. The zero-order valence-corrected chi connectivity index (χ0v) is 7.63. The van der Waals surface area contributed by atoms with Crippen molar-refractivity contribution in [3.63, 3.8) is 0 Å². The molecule has 0 spiro atoms. The molecule has 1 aliphatic heterocycles. The van der Waals surface area contributed by atoms with E-state index in [1.165, 1.54) is 11.9 Å². The van der Waals surface area contributed by atoms with E-state index < -0.39 is 0 Å². The predicted octanol–water partition coefficient (Wildman–Crippen LogP) is -1.12. The van der Waals surface area contributed by atoms with Crippen LogP contribution in [0, 0.1) is 5.41 Å². The molecule has 6 nitrogen and oxygen atoms in total. The fourth-order valence-corrected chi connectivity index (χ4v) is 1.45. The number of amides is 2. The van der Waals surface area contributed by atoms with Gasteiger partial charge in [-0.2, -0.15) is 0 Å². The number of hydrogen-bond acceptors (Lipinski definition) is 3. The molecule has 1 saturated heterocycles. The topological polar surface area (TPSA) is 94.2 Å². The standard InChI is InChI=1S/C7H15N5O/c1-10-7(13)12(6(8)9)5-2-3-11-4-5/h5,11H,2-4H2,1H3,(H3,8,9)(H,10,13). The molecule has 0 saturated carbocycles. The molecule has 0 bridgehead atoms. The average molecular weight is 185 g/mol. The van der Waals surface area contributed by atoms with Crippen LogP contribution in [-0.4, -0.2) is 43.1 Å². The van der Waals surface area contributed by atoms with E-state index in [1.54, 1.807) is 0 Å². The molecule has 5 N–H and O–H groups in total. The minimum absolute atomic E-state index is 0.0115. The summed E-state index contributed by atoms with van der Waals surface area (Å²) >= 11 is 0. The van der Waals surface area contributed by atoms with Gasteiger partial charge in [0.05, 0.1) is 6.04 Å². The summed E-state index contributed by atoms with van der Waals surface area (Å²) in [5, 5.41) is 12.8. The Hall–Kier alpha value is -1.30. The third-order valence-electron chi connectivity index (χ3n) is 2.09. The van der Waals surface area contributed by atoms with Crippen molar-refractivity contribution in [1.82, 2.24) is 15.5 Å². The molecule has 1 unspecified atom stereocenters. The summed E-state index contributed by atoms with van der Waals surface area (Å²) < 4.78 is 0. The number of rotatable bonds is 1. The zero-order valence-electron chi connectivity index (χ0n) is 7.63. The second-order valence-corrected chi connectivity index (χ2v) is 2.96. The Morgan fingerprint density at radius 3 is 2.85 bits per heavy atom. The van der Waals surface area contributed by atoms with Crippen molar-refractivity contribution >= 4 is 12.0 Å². The fourth-order valence-electron chi connectivity index (χ4n) is 1.45. The van der Waals surface area contributed by atoms with E-state index in [2.05, 4.69) is 10.6 Å². The van der Waals surface area contributed by atoms with Gasteiger partial charge in [0, 0.05) is 13.6 Å². The molecule has 13 heavy (non-hydrogen) atoms. The Kier molecular flexibility index (Phi) is 3.07. The Bertz CT molecular complexity index is 211. The lowest BCUT2D eigenvalue weighted by atomic mass is 10.2. The van der Waals surface area contributed by atoms with Crippen molar-refractivity contribution in [2.45, 2.75) is 12.5 Å². The quantitative estimate of drug-likeness (QED) is 0.308. The van der Waals surface area contributed by atoms with Crippen molar-refractivity contribution in [2.75, 3.05) is 20.1 Å². The van der Waals surface area contributed by atoms with Gasteiger partial charge in [-0.3, -0.25) is 10.3 Å². The second-order valence-electron chi connectivity index (χ2n) is 2.96. The Morgan fingerprint density at radius 1 is 1.77 bits per heavy atom. The fraction of sp³-hybridized carbons (Fsp3) is 0.714. The van der Waals surface area contributed by atoms with E-state index in [4.69, 9.17) is 11.1 Å². The largest absolute Gasteiger partial charge is 0.370 e. The van der Waals surface area contributed by atoms with Crippen molar-refractivity contribution in [1.29, 1.82) is 5.41 Å². The van der Waals surface area contributed by atoms with E-state index in [1.807, 2.05) is 0 Å². The lowest BCUT2D eigenvalue weighted by Gasteiger charge is -2.25. The summed E-state index contributed by atoms with van der Waals surface area (Å²) in [5.74, 6) is -0.201. The lowest BCUT2D eigenvalue weighted by Crippen LogP contribution is -2.52. The first kappa shape index (κ1) is 9.79. The summed E-state index contributed by atoms with van der Waals surface area (Å²) in [7, 11) is 1.53. The van der Waals surface area contributed by atoms with Crippen LogP contribution in [0.5, 0.6) is 0 Å². The van der Waals surface area contributed by atoms with Crippen LogP contribution >= 0.6 is 0 Å². The van der Waals surface area contributed by atoms with Gasteiger partial charge in [0.15, 0.2) is 5.96 Å². The van der Waals surface area contributed by atoms with Crippen LogP contribution in [0.2, 0.25) is 0 Å². The third-order valence-corrected chi connectivity index (χ3v) is 2.09. The molecule has 1 heterocycles. The highest BCUT2D eigenvalue weighted by atomic mass is 16.2. The van der Waals surface area contributed by atoms with Crippen molar-refractivity contribution in [3.05, 3.63) is 0 Å². The summed E-state index contributed by atoms with van der Waals surface area (Å²) in [6.07, 6.45) is 0.840. The van der Waals surface area contributed by atoms with E-state index >= 15 is 0 Å². The van der Waals surface area contributed by atoms with Gasteiger partial charge in [0.25, 0.3) is 0 Å². The number of carbonyl (C=O) groups is 1. The normalized spacial score (nSPS) is 21.2. The molecule has 6 heteroatoms. The van der Waals surface area contributed by atoms with Crippen LogP contribution < -0.4 is 16.4 Å². The maximum absolute atomic E-state index is 11.3.